The molecule has 1 saturated carbocycles. The van der Waals surface area contributed by atoms with E-state index >= 15 is 0 Å². The van der Waals surface area contributed by atoms with Crippen LogP contribution in [0.5, 0.6) is 0 Å². The molecule has 4 aromatic rings. The van der Waals surface area contributed by atoms with Crippen molar-refractivity contribution in [1.29, 1.82) is 0 Å². The number of nitrogens with zero attached hydrogens (tertiary/aromatic N) is 5. The molecule has 0 N–H and O–H groups in total. The number of aromatic nitrogens is 4. The van der Waals surface area contributed by atoms with Gasteiger partial charge in [0.15, 0.2) is 5.65 Å². The van der Waals surface area contributed by atoms with Gasteiger partial charge in [0.2, 0.25) is 0 Å². The molecule has 6 rings (SSSR count). The highest BCUT2D eigenvalue weighted by atomic mass is 32.2. The zero-order valence-electron chi connectivity index (χ0n) is 21.2. The van der Waals surface area contributed by atoms with Crippen LogP contribution in [0.4, 0.5) is 0 Å². The van der Waals surface area contributed by atoms with Crippen LogP contribution >= 0.6 is 0 Å². The number of hydrogen-bond acceptors (Lipinski definition) is 6. The van der Waals surface area contributed by atoms with Crippen LogP contribution in [0.1, 0.15) is 43.6 Å². The number of aryl methyl sites for hydroxylation is 1. The van der Waals surface area contributed by atoms with Gasteiger partial charge < -0.3 is 4.74 Å². The molecule has 1 aromatic carbocycles. The molecule has 0 radical (unpaired) electrons. The summed E-state index contributed by atoms with van der Waals surface area (Å²) in [6.07, 6.45) is 12.9. The van der Waals surface area contributed by atoms with Gasteiger partial charge in [0.1, 0.15) is 0 Å². The van der Waals surface area contributed by atoms with Gasteiger partial charge in [-0.25, -0.2) is 17.4 Å². The molecule has 0 unspecified atom stereocenters. The normalized spacial score (nSPS) is 21.8. The second-order valence-electron chi connectivity index (χ2n) is 10.2. The third kappa shape index (κ3) is 4.71. The minimum Gasteiger partial charge on any atom is -0.380 e. The lowest BCUT2D eigenvalue weighted by molar-refractivity contribution is 0.118. The van der Waals surface area contributed by atoms with E-state index in [0.717, 1.165) is 62.1 Å². The Hall–Kier alpha value is -3.01. The van der Waals surface area contributed by atoms with Crippen molar-refractivity contribution in [2.75, 3.05) is 26.3 Å². The Morgan fingerprint density at radius 1 is 0.973 bits per heavy atom. The highest BCUT2D eigenvalue weighted by Crippen LogP contribution is 2.38. The van der Waals surface area contributed by atoms with Crippen molar-refractivity contribution in [3.63, 3.8) is 0 Å². The predicted molar refractivity (Wildman–Crippen MR) is 143 cm³/mol. The third-order valence-corrected chi connectivity index (χ3v) is 9.55. The summed E-state index contributed by atoms with van der Waals surface area (Å²) in [5.74, 6) is 0.423. The van der Waals surface area contributed by atoms with Crippen LogP contribution in [0.2, 0.25) is 0 Å². The van der Waals surface area contributed by atoms with Gasteiger partial charge in [-0.05, 0) is 61.8 Å². The van der Waals surface area contributed by atoms with E-state index in [1.165, 1.54) is 22.4 Å². The molecule has 2 aliphatic rings. The zero-order chi connectivity index (χ0) is 25.4. The summed E-state index contributed by atoms with van der Waals surface area (Å²) in [7, 11) is -1.93. The molecule has 37 heavy (non-hydrogen) atoms. The molecule has 8 nitrogen and oxygen atoms in total. The highest BCUT2D eigenvalue weighted by Gasteiger charge is 2.29. The summed E-state index contributed by atoms with van der Waals surface area (Å²) >= 11 is 0. The van der Waals surface area contributed by atoms with Gasteiger partial charge in [-0.2, -0.15) is 5.10 Å². The summed E-state index contributed by atoms with van der Waals surface area (Å²) in [5.41, 5.74) is 3.34. The van der Waals surface area contributed by atoms with Crippen molar-refractivity contribution >= 4 is 21.1 Å². The highest BCUT2D eigenvalue weighted by molar-refractivity contribution is 7.90. The Morgan fingerprint density at radius 3 is 2.54 bits per heavy atom. The first-order valence-electron chi connectivity index (χ1n) is 13.1. The van der Waals surface area contributed by atoms with Crippen molar-refractivity contribution in [2.24, 2.45) is 7.05 Å². The number of pyridine rings is 1. The Labute approximate surface area is 217 Å². The molecule has 2 fully saturated rings. The van der Waals surface area contributed by atoms with Crippen molar-refractivity contribution in [3.8, 4) is 11.1 Å². The molecule has 1 aliphatic heterocycles. The molecule has 3 aromatic heterocycles. The first-order valence-corrected chi connectivity index (χ1v) is 14.6. The molecular formula is C28H33N5O3S. The SMILES string of the molecule is Cn1cc(-c2cn(S(=O)(=O)c3ccccc3)c3ncc([C@H]4CC[C@@H](N5CCCOCC5)CC4)cc23)cn1. The molecular weight excluding hydrogens is 486 g/mol. The fraction of sp³-hybridized carbons (Fsp3) is 0.429. The van der Waals surface area contributed by atoms with E-state index in [2.05, 4.69) is 16.1 Å². The van der Waals surface area contributed by atoms with Gasteiger partial charge in [0, 0.05) is 67.9 Å². The van der Waals surface area contributed by atoms with Crippen LogP contribution in [0, 0.1) is 0 Å². The number of benzene rings is 1. The number of fused-ring (bicyclic) bond motifs is 1. The lowest BCUT2D eigenvalue weighted by Gasteiger charge is -2.36. The Bertz CT molecular complexity index is 1480. The van der Waals surface area contributed by atoms with E-state index in [0.29, 0.717) is 17.6 Å². The smallest absolute Gasteiger partial charge is 0.269 e. The summed E-state index contributed by atoms with van der Waals surface area (Å²) in [6.45, 7) is 3.86. The van der Waals surface area contributed by atoms with Crippen molar-refractivity contribution in [1.82, 2.24) is 23.6 Å². The van der Waals surface area contributed by atoms with Crippen molar-refractivity contribution in [2.45, 2.75) is 49.0 Å². The molecule has 194 valence electrons. The van der Waals surface area contributed by atoms with Crippen LogP contribution in [-0.2, 0) is 21.8 Å². The van der Waals surface area contributed by atoms with E-state index in [-0.39, 0.29) is 4.90 Å². The van der Waals surface area contributed by atoms with Crippen LogP contribution in [0.3, 0.4) is 0 Å². The Kier molecular flexibility index (Phi) is 6.60. The molecule has 1 aliphatic carbocycles. The van der Waals surface area contributed by atoms with Gasteiger partial charge in [0.25, 0.3) is 10.0 Å². The Balaban J connectivity index is 1.34. The van der Waals surface area contributed by atoms with Crippen LogP contribution in [0.25, 0.3) is 22.2 Å². The molecule has 4 heterocycles. The first-order chi connectivity index (χ1) is 18.0. The second kappa shape index (κ2) is 10.0. The van der Waals surface area contributed by atoms with Gasteiger partial charge in [-0.1, -0.05) is 18.2 Å². The molecule has 0 bridgehead atoms. The van der Waals surface area contributed by atoms with Crippen molar-refractivity contribution in [3.05, 3.63) is 66.7 Å². The van der Waals surface area contributed by atoms with E-state index in [1.807, 2.05) is 25.5 Å². The monoisotopic (exact) mass is 519 g/mol. The fourth-order valence-corrected chi connectivity index (χ4v) is 7.25. The maximum atomic E-state index is 13.6. The van der Waals surface area contributed by atoms with E-state index in [4.69, 9.17) is 9.72 Å². The molecule has 0 amide bonds. The van der Waals surface area contributed by atoms with Crippen LogP contribution < -0.4 is 0 Å². The molecule has 9 heteroatoms. The summed E-state index contributed by atoms with van der Waals surface area (Å²) in [5, 5.41) is 5.17. The summed E-state index contributed by atoms with van der Waals surface area (Å²) in [4.78, 5) is 7.61. The van der Waals surface area contributed by atoms with E-state index < -0.39 is 10.0 Å². The second-order valence-corrected chi connectivity index (χ2v) is 12.0. The number of ether oxygens (including phenoxy) is 1. The lowest BCUT2D eigenvalue weighted by Crippen LogP contribution is -2.39. The molecule has 0 spiro atoms. The van der Waals surface area contributed by atoms with Gasteiger partial charge in [-0.3, -0.25) is 9.58 Å². The third-order valence-electron chi connectivity index (χ3n) is 7.89. The van der Waals surface area contributed by atoms with E-state index in [9.17, 15) is 8.42 Å². The largest absolute Gasteiger partial charge is 0.380 e. The minimum atomic E-state index is -3.80. The predicted octanol–water partition coefficient (Wildman–Crippen LogP) is 4.42. The van der Waals surface area contributed by atoms with E-state index in [1.54, 1.807) is 41.3 Å². The van der Waals surface area contributed by atoms with Crippen molar-refractivity contribution < 1.29 is 13.2 Å². The number of rotatable bonds is 5. The molecule has 1 saturated heterocycles. The maximum absolute atomic E-state index is 13.6. The average molecular weight is 520 g/mol. The molecule has 0 atom stereocenters. The summed E-state index contributed by atoms with van der Waals surface area (Å²) < 4.78 is 35.9. The van der Waals surface area contributed by atoms with Gasteiger partial charge in [0.05, 0.1) is 17.7 Å². The quantitative estimate of drug-likeness (QED) is 0.388. The topological polar surface area (TPSA) is 82.2 Å². The number of hydrogen-bond donors (Lipinski definition) is 0. The van der Waals surface area contributed by atoms with Crippen LogP contribution in [-0.4, -0.2) is 64.4 Å². The maximum Gasteiger partial charge on any atom is 0.269 e. The average Bonchev–Trinajstić information content (AvgIpc) is 3.42. The van der Waals surface area contributed by atoms with Gasteiger partial charge >= 0.3 is 0 Å². The zero-order valence-corrected chi connectivity index (χ0v) is 22.0. The Morgan fingerprint density at radius 2 is 1.78 bits per heavy atom. The van der Waals surface area contributed by atoms with Crippen LogP contribution in [0.15, 0.2) is 66.1 Å². The minimum absolute atomic E-state index is 0.243. The summed E-state index contributed by atoms with van der Waals surface area (Å²) in [6, 6.07) is 11.3. The first kappa shape index (κ1) is 24.3. The fourth-order valence-electron chi connectivity index (χ4n) is 5.90. The van der Waals surface area contributed by atoms with Gasteiger partial charge in [-0.15, -0.1) is 0 Å². The lowest BCUT2D eigenvalue weighted by atomic mass is 9.81. The standard InChI is InChI=1S/C28H33N5O3S/c1-31-19-23(18-30-31)27-20-33(37(34,35)25-6-3-2-4-7-25)28-26(27)16-22(17-29-28)21-8-10-24(11-9-21)32-12-5-14-36-15-13-32/h2-4,6-7,16-21,24H,5,8-15H2,1H3/t21-,24+.